The molecule has 0 bridgehead atoms. The second-order valence-electron chi connectivity index (χ2n) is 6.45. The van der Waals surface area contributed by atoms with Gasteiger partial charge in [0.15, 0.2) is 0 Å². The van der Waals surface area contributed by atoms with Gasteiger partial charge in [-0.25, -0.2) is 0 Å². The molecular formula is C23H23ClN2. The van der Waals surface area contributed by atoms with E-state index < -0.39 is 0 Å². The van der Waals surface area contributed by atoms with Crippen molar-refractivity contribution < 1.29 is 0 Å². The number of nitrogens with one attached hydrogen (secondary N) is 1. The molecule has 3 heteroatoms. The van der Waals surface area contributed by atoms with Crippen LogP contribution in [0.4, 0.5) is 0 Å². The highest BCUT2D eigenvalue weighted by atomic mass is 35.5. The van der Waals surface area contributed by atoms with Gasteiger partial charge >= 0.3 is 0 Å². The van der Waals surface area contributed by atoms with E-state index in [9.17, 15) is 0 Å². The molecule has 0 saturated carbocycles. The molecule has 0 aromatic heterocycles. The highest BCUT2D eigenvalue weighted by molar-refractivity contribution is 5.85. The maximum absolute atomic E-state index is 5.04. The summed E-state index contributed by atoms with van der Waals surface area (Å²) < 4.78 is 0. The maximum Gasteiger partial charge on any atom is 0.101 e. The largest absolute Gasteiger partial charge is 0.364 e. The van der Waals surface area contributed by atoms with Crippen LogP contribution < -0.4 is 5.32 Å². The normalized spacial score (nSPS) is 18.5. The van der Waals surface area contributed by atoms with Gasteiger partial charge in [-0.15, -0.1) is 12.4 Å². The van der Waals surface area contributed by atoms with E-state index >= 15 is 0 Å². The molecule has 2 atom stereocenters. The van der Waals surface area contributed by atoms with Gasteiger partial charge in [0.1, 0.15) is 6.04 Å². The van der Waals surface area contributed by atoms with E-state index in [1.165, 1.54) is 16.7 Å². The van der Waals surface area contributed by atoms with Crippen molar-refractivity contribution in [1.29, 1.82) is 0 Å². The van der Waals surface area contributed by atoms with Crippen molar-refractivity contribution in [1.82, 2.24) is 5.32 Å². The molecule has 132 valence electrons. The Kier molecular flexibility index (Phi) is 6.08. The quantitative estimate of drug-likeness (QED) is 0.634. The van der Waals surface area contributed by atoms with Gasteiger partial charge in [-0.05, 0) is 23.1 Å². The van der Waals surface area contributed by atoms with Gasteiger partial charge in [0.05, 0.1) is 11.9 Å². The lowest BCUT2D eigenvalue weighted by Crippen LogP contribution is -2.24. The third-order valence-electron chi connectivity index (χ3n) is 4.73. The summed E-state index contributed by atoms with van der Waals surface area (Å²) in [5.41, 5.74) is 3.90. The fourth-order valence-corrected chi connectivity index (χ4v) is 3.43. The Labute approximate surface area is 161 Å². The van der Waals surface area contributed by atoms with Crippen LogP contribution in [0.2, 0.25) is 0 Å². The Hall–Kier alpha value is -2.58. The smallest absolute Gasteiger partial charge is 0.101 e. The number of nitrogens with zero attached hydrogens (tertiary/aromatic N) is 1. The highest BCUT2D eigenvalue weighted by Crippen LogP contribution is 2.36. The third kappa shape index (κ3) is 4.14. The fraction of sp³-hybridized carbons (Fsp3) is 0.174. The van der Waals surface area contributed by atoms with Crippen molar-refractivity contribution in [3.63, 3.8) is 0 Å². The summed E-state index contributed by atoms with van der Waals surface area (Å²) in [6, 6.07) is 32.2. The summed E-state index contributed by atoms with van der Waals surface area (Å²) in [4.78, 5) is 5.04. The monoisotopic (exact) mass is 362 g/mol. The van der Waals surface area contributed by atoms with Gasteiger partial charge in [-0.1, -0.05) is 91.0 Å². The lowest BCUT2D eigenvalue weighted by atomic mass is 9.95. The van der Waals surface area contributed by atoms with Crippen LogP contribution in [-0.4, -0.2) is 5.84 Å². The first-order chi connectivity index (χ1) is 12.4. The van der Waals surface area contributed by atoms with Gasteiger partial charge < -0.3 is 5.32 Å². The van der Waals surface area contributed by atoms with Crippen molar-refractivity contribution in [2.45, 2.75) is 24.9 Å². The SMILES string of the molecule is Cl.c1ccc(CCC2=N[C@H](c3ccccc3)[C@H](c3ccccc3)N2)cc1. The second-order valence-corrected chi connectivity index (χ2v) is 6.45. The first-order valence-corrected chi connectivity index (χ1v) is 8.87. The van der Waals surface area contributed by atoms with E-state index in [0.29, 0.717) is 0 Å². The van der Waals surface area contributed by atoms with Crippen LogP contribution in [0.1, 0.15) is 35.2 Å². The van der Waals surface area contributed by atoms with Crippen molar-refractivity contribution in [2.24, 2.45) is 4.99 Å². The predicted molar refractivity (Wildman–Crippen MR) is 111 cm³/mol. The number of aryl methyl sites for hydroxylation is 1. The molecule has 26 heavy (non-hydrogen) atoms. The van der Waals surface area contributed by atoms with E-state index in [0.717, 1.165) is 18.7 Å². The number of benzene rings is 3. The van der Waals surface area contributed by atoms with E-state index in [2.05, 4.69) is 96.3 Å². The first kappa shape index (κ1) is 18.2. The number of hydrogen-bond donors (Lipinski definition) is 1. The molecular weight excluding hydrogens is 340 g/mol. The first-order valence-electron chi connectivity index (χ1n) is 8.87. The van der Waals surface area contributed by atoms with Crippen molar-refractivity contribution in [2.75, 3.05) is 0 Å². The molecule has 0 amide bonds. The van der Waals surface area contributed by atoms with E-state index in [1.807, 2.05) is 0 Å². The highest BCUT2D eigenvalue weighted by Gasteiger charge is 2.30. The molecule has 2 nitrogen and oxygen atoms in total. The molecule has 3 aromatic carbocycles. The second kappa shape index (κ2) is 8.68. The van der Waals surface area contributed by atoms with Crippen LogP contribution in [0, 0.1) is 0 Å². The van der Waals surface area contributed by atoms with Crippen LogP contribution in [-0.2, 0) is 6.42 Å². The Morgan fingerprint density at radius 2 is 1.19 bits per heavy atom. The number of amidine groups is 1. The van der Waals surface area contributed by atoms with Gasteiger partial charge in [0, 0.05) is 6.42 Å². The minimum absolute atomic E-state index is 0. The van der Waals surface area contributed by atoms with Crippen LogP contribution >= 0.6 is 12.4 Å². The molecule has 1 aliphatic rings. The molecule has 1 aliphatic heterocycles. The lowest BCUT2D eigenvalue weighted by Gasteiger charge is -2.19. The maximum atomic E-state index is 5.04. The molecule has 3 aromatic rings. The zero-order chi connectivity index (χ0) is 16.9. The summed E-state index contributed by atoms with van der Waals surface area (Å²) >= 11 is 0. The Morgan fingerprint density at radius 1 is 0.654 bits per heavy atom. The lowest BCUT2D eigenvalue weighted by molar-refractivity contribution is 0.571. The molecule has 1 N–H and O–H groups in total. The molecule has 0 spiro atoms. The number of hydrogen-bond acceptors (Lipinski definition) is 2. The Morgan fingerprint density at radius 3 is 1.81 bits per heavy atom. The number of rotatable bonds is 5. The van der Waals surface area contributed by atoms with Gasteiger partial charge in [0.25, 0.3) is 0 Å². The minimum atomic E-state index is 0. The Bertz CT molecular complexity index is 832. The van der Waals surface area contributed by atoms with Crippen LogP contribution in [0.15, 0.2) is 96.0 Å². The van der Waals surface area contributed by atoms with Crippen molar-refractivity contribution in [3.8, 4) is 0 Å². The minimum Gasteiger partial charge on any atom is -0.364 e. The van der Waals surface area contributed by atoms with Crippen molar-refractivity contribution >= 4 is 18.2 Å². The summed E-state index contributed by atoms with van der Waals surface area (Å²) in [7, 11) is 0. The standard InChI is InChI=1S/C23H22N2.ClH/c1-4-10-18(11-5-1)16-17-21-24-22(19-12-6-2-7-13-19)23(25-21)20-14-8-3-9-15-20;/h1-15,22-23H,16-17H2,(H,24,25);1H/t22-,23+;. The molecule has 0 aliphatic carbocycles. The van der Waals surface area contributed by atoms with Gasteiger partial charge in [0.2, 0.25) is 0 Å². The third-order valence-corrected chi connectivity index (χ3v) is 4.73. The molecule has 0 fully saturated rings. The predicted octanol–water partition coefficient (Wildman–Crippen LogP) is 5.53. The average molecular weight is 363 g/mol. The zero-order valence-corrected chi connectivity index (χ0v) is 15.4. The van der Waals surface area contributed by atoms with Crippen LogP contribution in [0.5, 0.6) is 0 Å². The number of aliphatic imine (C=N–C) groups is 1. The topological polar surface area (TPSA) is 24.4 Å². The van der Waals surface area contributed by atoms with Crippen LogP contribution in [0.3, 0.4) is 0 Å². The van der Waals surface area contributed by atoms with E-state index in [-0.39, 0.29) is 24.5 Å². The summed E-state index contributed by atoms with van der Waals surface area (Å²) in [5, 5.41) is 3.68. The van der Waals surface area contributed by atoms with Gasteiger partial charge in [-0.3, -0.25) is 4.99 Å². The molecule has 4 rings (SSSR count). The van der Waals surface area contributed by atoms with Crippen molar-refractivity contribution in [3.05, 3.63) is 108 Å². The molecule has 0 unspecified atom stereocenters. The molecule has 1 heterocycles. The number of halogens is 1. The fourth-order valence-electron chi connectivity index (χ4n) is 3.43. The van der Waals surface area contributed by atoms with E-state index in [1.54, 1.807) is 0 Å². The van der Waals surface area contributed by atoms with Crippen LogP contribution in [0.25, 0.3) is 0 Å². The molecule has 0 saturated heterocycles. The summed E-state index contributed by atoms with van der Waals surface area (Å²) in [6.07, 6.45) is 1.95. The Balaban J connectivity index is 0.00000196. The average Bonchev–Trinajstić information content (AvgIpc) is 3.13. The van der Waals surface area contributed by atoms with Gasteiger partial charge in [-0.2, -0.15) is 0 Å². The molecule has 0 radical (unpaired) electrons. The van der Waals surface area contributed by atoms with E-state index in [4.69, 9.17) is 4.99 Å². The zero-order valence-electron chi connectivity index (χ0n) is 14.6. The summed E-state index contributed by atoms with van der Waals surface area (Å²) in [6.45, 7) is 0. The summed E-state index contributed by atoms with van der Waals surface area (Å²) in [5.74, 6) is 1.10.